The molecule has 4 nitrogen and oxygen atoms in total. The highest BCUT2D eigenvalue weighted by atomic mass is 16.6. The third-order valence-corrected chi connectivity index (χ3v) is 7.63. The smallest absolute Gasteiger partial charge is 0.312 e. The Bertz CT molecular complexity index is 561. The standard InChI is InChI=1S/C21H34O4/c1-11(2)12(3)10-21(7,20(4,5)6)19(23)25-16-13-8-14-15(9-13)18(22)24-17(14)16/h11-17H,8-10H2,1-7H3. The van der Waals surface area contributed by atoms with Gasteiger partial charge in [-0.3, -0.25) is 9.59 Å². The molecule has 3 fully saturated rings. The number of esters is 2. The van der Waals surface area contributed by atoms with Crippen LogP contribution in [0.15, 0.2) is 0 Å². The summed E-state index contributed by atoms with van der Waals surface area (Å²) >= 11 is 0. The van der Waals surface area contributed by atoms with Gasteiger partial charge in [0, 0.05) is 11.8 Å². The molecule has 7 atom stereocenters. The van der Waals surface area contributed by atoms with Crippen LogP contribution < -0.4 is 0 Å². The number of ether oxygens (including phenoxy) is 2. The van der Waals surface area contributed by atoms with Gasteiger partial charge in [0.15, 0.2) is 0 Å². The molecule has 0 amide bonds. The number of hydrogen-bond acceptors (Lipinski definition) is 4. The van der Waals surface area contributed by atoms with E-state index in [-0.39, 0.29) is 41.4 Å². The fourth-order valence-corrected chi connectivity index (χ4v) is 4.89. The van der Waals surface area contributed by atoms with Gasteiger partial charge in [-0.2, -0.15) is 0 Å². The van der Waals surface area contributed by atoms with Crippen molar-refractivity contribution in [3.8, 4) is 0 Å². The molecule has 0 aromatic carbocycles. The summed E-state index contributed by atoms with van der Waals surface area (Å²) in [6.45, 7) is 15.0. The highest BCUT2D eigenvalue weighted by molar-refractivity contribution is 5.79. The van der Waals surface area contributed by atoms with Crippen molar-refractivity contribution in [1.29, 1.82) is 0 Å². The second-order valence-electron chi connectivity index (χ2n) is 10.3. The molecule has 7 unspecified atom stereocenters. The quantitative estimate of drug-likeness (QED) is 0.697. The Morgan fingerprint density at radius 3 is 2.40 bits per heavy atom. The third kappa shape index (κ3) is 2.90. The molecule has 0 N–H and O–H groups in total. The van der Waals surface area contributed by atoms with E-state index < -0.39 is 5.41 Å². The zero-order valence-corrected chi connectivity index (χ0v) is 16.8. The van der Waals surface area contributed by atoms with Crippen LogP contribution in [0.4, 0.5) is 0 Å². The van der Waals surface area contributed by atoms with Gasteiger partial charge < -0.3 is 9.47 Å². The lowest BCUT2D eigenvalue weighted by Gasteiger charge is -2.43. The van der Waals surface area contributed by atoms with Gasteiger partial charge in [0.1, 0.15) is 12.2 Å². The van der Waals surface area contributed by atoms with E-state index >= 15 is 0 Å². The minimum Gasteiger partial charge on any atom is -0.458 e. The minimum absolute atomic E-state index is 0.0555. The average molecular weight is 350 g/mol. The van der Waals surface area contributed by atoms with Crippen molar-refractivity contribution < 1.29 is 19.1 Å². The number of carbonyl (C=O) groups is 2. The maximum Gasteiger partial charge on any atom is 0.312 e. The van der Waals surface area contributed by atoms with Crippen LogP contribution in [-0.4, -0.2) is 24.1 Å². The predicted octanol–water partition coefficient (Wildman–Crippen LogP) is 4.21. The van der Waals surface area contributed by atoms with Gasteiger partial charge in [-0.25, -0.2) is 0 Å². The van der Waals surface area contributed by atoms with E-state index in [1.165, 1.54) is 0 Å². The van der Waals surface area contributed by atoms with Crippen LogP contribution in [0, 0.1) is 40.4 Å². The van der Waals surface area contributed by atoms with Crippen molar-refractivity contribution >= 4 is 11.9 Å². The summed E-state index contributed by atoms with van der Waals surface area (Å²) in [5.41, 5.74) is -0.750. The summed E-state index contributed by atoms with van der Waals surface area (Å²) in [6, 6.07) is 0. The van der Waals surface area contributed by atoms with Crippen LogP contribution in [0.2, 0.25) is 0 Å². The molecule has 1 heterocycles. The topological polar surface area (TPSA) is 52.6 Å². The molecule has 0 aromatic rings. The van der Waals surface area contributed by atoms with Crippen LogP contribution in [0.1, 0.15) is 67.7 Å². The van der Waals surface area contributed by atoms with Gasteiger partial charge in [-0.15, -0.1) is 0 Å². The molecular weight excluding hydrogens is 316 g/mol. The largest absolute Gasteiger partial charge is 0.458 e. The Kier molecular flexibility index (Phi) is 4.49. The third-order valence-electron chi connectivity index (χ3n) is 7.63. The first-order chi connectivity index (χ1) is 11.5. The summed E-state index contributed by atoms with van der Waals surface area (Å²) < 4.78 is 11.6. The summed E-state index contributed by atoms with van der Waals surface area (Å²) in [6.07, 6.45) is 2.16. The molecule has 4 heteroatoms. The minimum atomic E-state index is -0.555. The maximum atomic E-state index is 13.3. The van der Waals surface area contributed by atoms with Crippen molar-refractivity contribution in [2.45, 2.75) is 79.9 Å². The number of rotatable bonds is 5. The Morgan fingerprint density at radius 1 is 1.20 bits per heavy atom. The first kappa shape index (κ1) is 18.7. The van der Waals surface area contributed by atoms with E-state index in [1.54, 1.807) is 0 Å². The lowest BCUT2D eigenvalue weighted by molar-refractivity contribution is -0.179. The van der Waals surface area contributed by atoms with Crippen molar-refractivity contribution in [3.05, 3.63) is 0 Å². The van der Waals surface area contributed by atoms with Crippen LogP contribution in [0.3, 0.4) is 0 Å². The molecule has 3 rings (SSSR count). The fourth-order valence-electron chi connectivity index (χ4n) is 4.89. The molecule has 0 aromatic heterocycles. The summed E-state index contributed by atoms with van der Waals surface area (Å²) in [5.74, 6) is 1.37. The maximum absolute atomic E-state index is 13.3. The summed E-state index contributed by atoms with van der Waals surface area (Å²) in [4.78, 5) is 25.2. The van der Waals surface area contributed by atoms with Crippen molar-refractivity contribution in [1.82, 2.24) is 0 Å². The molecule has 2 saturated carbocycles. The molecule has 25 heavy (non-hydrogen) atoms. The number of hydrogen-bond donors (Lipinski definition) is 0. The molecule has 1 aliphatic heterocycles. The van der Waals surface area contributed by atoms with Gasteiger partial charge in [-0.05, 0) is 43.4 Å². The molecule has 2 bridgehead atoms. The normalized spacial score (nSPS) is 37.1. The van der Waals surface area contributed by atoms with Crippen LogP contribution in [-0.2, 0) is 19.1 Å². The van der Waals surface area contributed by atoms with Gasteiger partial charge in [-0.1, -0.05) is 41.5 Å². The van der Waals surface area contributed by atoms with Crippen molar-refractivity contribution in [2.24, 2.45) is 40.4 Å². The predicted molar refractivity (Wildman–Crippen MR) is 95.6 cm³/mol. The van der Waals surface area contributed by atoms with Crippen molar-refractivity contribution in [2.75, 3.05) is 0 Å². The van der Waals surface area contributed by atoms with Gasteiger partial charge in [0.05, 0.1) is 11.3 Å². The Morgan fingerprint density at radius 2 is 1.84 bits per heavy atom. The second-order valence-corrected chi connectivity index (χ2v) is 10.3. The lowest BCUT2D eigenvalue weighted by atomic mass is 9.63. The van der Waals surface area contributed by atoms with E-state index in [2.05, 4.69) is 41.5 Å². The van der Waals surface area contributed by atoms with E-state index in [9.17, 15) is 9.59 Å². The molecule has 3 aliphatic rings. The Hall–Kier alpha value is -1.06. The van der Waals surface area contributed by atoms with Gasteiger partial charge in [0.25, 0.3) is 0 Å². The first-order valence-corrected chi connectivity index (χ1v) is 9.87. The molecule has 2 aliphatic carbocycles. The fraction of sp³-hybridized carbons (Fsp3) is 0.905. The van der Waals surface area contributed by atoms with Gasteiger partial charge >= 0.3 is 11.9 Å². The average Bonchev–Trinajstić information content (AvgIpc) is 3.10. The monoisotopic (exact) mass is 350 g/mol. The van der Waals surface area contributed by atoms with Crippen LogP contribution >= 0.6 is 0 Å². The van der Waals surface area contributed by atoms with E-state index in [0.717, 1.165) is 19.3 Å². The summed E-state index contributed by atoms with van der Waals surface area (Å²) in [5, 5.41) is 0. The zero-order valence-electron chi connectivity index (χ0n) is 16.8. The SMILES string of the molecule is CC(C)C(C)CC(C)(C(=O)OC1C2CC3C(=O)OC1C3C2)C(C)(C)C. The van der Waals surface area contributed by atoms with E-state index in [0.29, 0.717) is 17.8 Å². The Balaban J connectivity index is 1.77. The van der Waals surface area contributed by atoms with E-state index in [4.69, 9.17) is 9.47 Å². The lowest BCUT2D eigenvalue weighted by Crippen LogP contribution is -2.47. The first-order valence-electron chi connectivity index (χ1n) is 9.87. The van der Waals surface area contributed by atoms with E-state index in [1.807, 2.05) is 6.92 Å². The zero-order chi connectivity index (χ0) is 18.7. The highest BCUT2D eigenvalue weighted by Crippen LogP contribution is 2.56. The molecular formula is C21H34O4. The molecule has 0 spiro atoms. The highest BCUT2D eigenvalue weighted by Gasteiger charge is 2.64. The summed E-state index contributed by atoms with van der Waals surface area (Å²) in [7, 11) is 0. The van der Waals surface area contributed by atoms with Gasteiger partial charge in [0.2, 0.25) is 0 Å². The second kappa shape index (κ2) is 5.99. The molecule has 142 valence electrons. The van der Waals surface area contributed by atoms with Crippen molar-refractivity contribution in [3.63, 3.8) is 0 Å². The molecule has 0 radical (unpaired) electrons. The number of fused-ring (bicyclic) bond motifs is 1. The number of carbonyl (C=O) groups excluding carboxylic acids is 2. The van der Waals surface area contributed by atoms with Crippen LogP contribution in [0.25, 0.3) is 0 Å². The molecule has 1 saturated heterocycles. The Labute approximate surface area is 152 Å². The van der Waals surface area contributed by atoms with Crippen LogP contribution in [0.5, 0.6) is 0 Å².